The van der Waals surface area contributed by atoms with Crippen LogP contribution in [0.25, 0.3) is 0 Å². The number of halogens is 2. The fraction of sp³-hybridized carbons (Fsp3) is 0.500. The molecule has 1 saturated heterocycles. The molecule has 1 aliphatic heterocycles. The van der Waals surface area contributed by atoms with E-state index in [9.17, 15) is 17.6 Å². The summed E-state index contributed by atoms with van der Waals surface area (Å²) in [6.45, 7) is 1.75. The summed E-state index contributed by atoms with van der Waals surface area (Å²) in [5.74, 6) is 0.0404. The monoisotopic (exact) mass is 365 g/mol. The lowest BCUT2D eigenvalue weighted by molar-refractivity contribution is -0.120. The van der Waals surface area contributed by atoms with Gasteiger partial charge in [-0.15, -0.1) is 11.8 Å². The molecule has 0 saturated carbocycles. The second-order valence-corrected chi connectivity index (χ2v) is 9.26. The Kier molecular flexibility index (Phi) is 5.74. The summed E-state index contributed by atoms with van der Waals surface area (Å²) in [5.41, 5.74) is 0.760. The molecule has 1 amide bonds. The molecule has 1 fully saturated rings. The van der Waals surface area contributed by atoms with Crippen LogP contribution in [0.3, 0.4) is 0 Å². The third-order valence-corrected chi connectivity index (χ3v) is 6.76. The quantitative estimate of drug-likeness (QED) is 0.870. The largest absolute Gasteiger partial charge is 0.351 e. The van der Waals surface area contributed by atoms with E-state index in [0.717, 1.165) is 5.56 Å². The highest BCUT2D eigenvalue weighted by Crippen LogP contribution is 2.25. The molecule has 2 rings (SSSR count). The van der Waals surface area contributed by atoms with Crippen molar-refractivity contribution in [3.8, 4) is 0 Å². The minimum absolute atomic E-state index is 0.0138. The van der Waals surface area contributed by atoms with Crippen molar-refractivity contribution in [2.45, 2.75) is 30.4 Å². The highest BCUT2D eigenvalue weighted by molar-refractivity contribution is 7.99. The molecule has 1 aromatic rings. The summed E-state index contributed by atoms with van der Waals surface area (Å²) in [5, 5.41) is 2.75. The molecule has 0 aromatic heterocycles. The van der Waals surface area contributed by atoms with Gasteiger partial charge in [-0.1, -0.05) is 17.7 Å². The van der Waals surface area contributed by atoms with E-state index in [0.29, 0.717) is 17.2 Å². The van der Waals surface area contributed by atoms with Crippen LogP contribution in [-0.4, -0.2) is 37.1 Å². The van der Waals surface area contributed by atoms with Crippen molar-refractivity contribution in [1.29, 1.82) is 0 Å². The molecular weight excluding hydrogens is 349 g/mol. The number of carbonyl (C=O) groups is 1. The van der Waals surface area contributed by atoms with Gasteiger partial charge in [0.1, 0.15) is 5.82 Å². The number of hydrogen-bond donors (Lipinski definition) is 1. The number of hydrogen-bond acceptors (Lipinski definition) is 4. The topological polar surface area (TPSA) is 63.2 Å². The number of thioether (sulfide) groups is 1. The van der Waals surface area contributed by atoms with E-state index in [1.807, 2.05) is 0 Å². The van der Waals surface area contributed by atoms with Crippen molar-refractivity contribution in [2.75, 3.05) is 11.5 Å². The third kappa shape index (κ3) is 4.86. The first-order chi connectivity index (χ1) is 10.3. The van der Waals surface area contributed by atoms with Gasteiger partial charge in [0.25, 0.3) is 0 Å². The molecule has 4 nitrogen and oxygen atoms in total. The first-order valence-corrected chi connectivity index (χ1v) is 10.1. The van der Waals surface area contributed by atoms with Crippen LogP contribution in [0.15, 0.2) is 18.2 Å². The molecular formula is C14H17ClFNO3S2. The molecule has 2 atom stereocenters. The van der Waals surface area contributed by atoms with Gasteiger partial charge in [-0.3, -0.25) is 4.79 Å². The Morgan fingerprint density at radius 2 is 2.27 bits per heavy atom. The Labute approximate surface area is 138 Å². The number of rotatable bonds is 5. The zero-order valence-electron chi connectivity index (χ0n) is 12.0. The minimum Gasteiger partial charge on any atom is -0.351 e. The van der Waals surface area contributed by atoms with Crippen molar-refractivity contribution in [2.24, 2.45) is 0 Å². The van der Waals surface area contributed by atoms with Gasteiger partial charge in [-0.2, -0.15) is 0 Å². The summed E-state index contributed by atoms with van der Waals surface area (Å²) in [7, 11) is -3.01. The van der Waals surface area contributed by atoms with E-state index < -0.39 is 15.7 Å². The maximum atomic E-state index is 13.0. The smallest absolute Gasteiger partial charge is 0.233 e. The molecule has 8 heteroatoms. The molecule has 122 valence electrons. The second-order valence-electron chi connectivity index (χ2n) is 5.30. The number of sulfone groups is 1. The van der Waals surface area contributed by atoms with Crippen molar-refractivity contribution in [3.05, 3.63) is 34.6 Å². The molecule has 1 N–H and O–H groups in total. The Morgan fingerprint density at radius 1 is 1.55 bits per heavy atom. The highest BCUT2D eigenvalue weighted by atomic mass is 35.5. The lowest BCUT2D eigenvalue weighted by atomic mass is 10.2. The predicted molar refractivity (Wildman–Crippen MR) is 87.4 cm³/mol. The predicted octanol–water partition coefficient (Wildman–Crippen LogP) is 2.40. The van der Waals surface area contributed by atoms with E-state index >= 15 is 0 Å². The average molecular weight is 366 g/mol. The lowest BCUT2D eigenvalue weighted by Gasteiger charge is -2.16. The zero-order chi connectivity index (χ0) is 16.3. The van der Waals surface area contributed by atoms with Crippen LogP contribution in [0.2, 0.25) is 5.02 Å². The molecule has 22 heavy (non-hydrogen) atoms. The number of nitrogens with one attached hydrogen (secondary N) is 1. The van der Waals surface area contributed by atoms with Crippen LogP contribution in [0.5, 0.6) is 0 Å². The maximum Gasteiger partial charge on any atom is 0.233 e. The van der Waals surface area contributed by atoms with Crippen molar-refractivity contribution in [1.82, 2.24) is 5.32 Å². The van der Waals surface area contributed by atoms with Gasteiger partial charge in [0.2, 0.25) is 5.91 Å². The van der Waals surface area contributed by atoms with E-state index in [-0.39, 0.29) is 28.7 Å². The molecule has 1 aromatic carbocycles. The molecule has 0 aliphatic carbocycles. The van der Waals surface area contributed by atoms with E-state index in [2.05, 4.69) is 5.32 Å². The molecule has 1 aliphatic rings. The van der Waals surface area contributed by atoms with Crippen LogP contribution >= 0.6 is 23.4 Å². The summed E-state index contributed by atoms with van der Waals surface area (Å²) in [4.78, 5) is 12.1. The minimum atomic E-state index is -3.01. The van der Waals surface area contributed by atoms with Gasteiger partial charge in [0, 0.05) is 16.8 Å². The van der Waals surface area contributed by atoms with E-state index in [4.69, 9.17) is 11.6 Å². The highest BCUT2D eigenvalue weighted by Gasteiger charge is 2.30. The number of amides is 1. The fourth-order valence-corrected chi connectivity index (χ4v) is 5.04. The molecule has 1 heterocycles. The first kappa shape index (κ1) is 17.6. The lowest BCUT2D eigenvalue weighted by Crippen LogP contribution is -2.40. The van der Waals surface area contributed by atoms with Crippen molar-refractivity contribution < 1.29 is 17.6 Å². The Bertz CT molecular complexity index is 666. The Morgan fingerprint density at radius 3 is 2.86 bits per heavy atom. The van der Waals surface area contributed by atoms with E-state index in [1.54, 1.807) is 13.0 Å². The third-order valence-electron chi connectivity index (χ3n) is 3.45. The van der Waals surface area contributed by atoms with Gasteiger partial charge in [0.15, 0.2) is 9.84 Å². The maximum absolute atomic E-state index is 13.0. The Balaban J connectivity index is 1.84. The van der Waals surface area contributed by atoms with Gasteiger partial charge in [0.05, 0.1) is 16.8 Å². The molecule has 0 bridgehead atoms. The van der Waals surface area contributed by atoms with Gasteiger partial charge < -0.3 is 5.32 Å². The average Bonchev–Trinajstić information content (AvgIpc) is 2.76. The van der Waals surface area contributed by atoms with Crippen LogP contribution in [-0.2, 0) is 20.4 Å². The van der Waals surface area contributed by atoms with Gasteiger partial charge >= 0.3 is 0 Å². The Hall–Kier alpha value is -0.790. The number of benzene rings is 1. The van der Waals surface area contributed by atoms with Crippen LogP contribution < -0.4 is 5.32 Å². The first-order valence-electron chi connectivity index (χ1n) is 6.83. The van der Waals surface area contributed by atoms with Crippen molar-refractivity contribution in [3.63, 3.8) is 0 Å². The molecule has 0 spiro atoms. The normalized spacial score (nSPS) is 21.5. The van der Waals surface area contributed by atoms with Crippen LogP contribution in [0, 0.1) is 5.82 Å². The molecule has 0 unspecified atom stereocenters. The second kappa shape index (κ2) is 7.19. The summed E-state index contributed by atoms with van der Waals surface area (Å²) in [6.07, 6.45) is 0.468. The van der Waals surface area contributed by atoms with Crippen molar-refractivity contribution >= 4 is 39.1 Å². The standard InChI is InChI=1S/C14H17ClFNO3S2/c1-9(14(18)17-12-4-5-22(19,20)8-12)21-7-10-2-3-11(16)6-13(10)15/h2-3,6,9,12H,4-5,7-8H2,1H3,(H,17,18)/t9-,12+/m1/s1. The SMILES string of the molecule is C[C@@H](SCc1ccc(F)cc1Cl)C(=O)N[C@H]1CCS(=O)(=O)C1. The summed E-state index contributed by atoms with van der Waals surface area (Å²) < 4.78 is 35.7. The summed E-state index contributed by atoms with van der Waals surface area (Å²) >= 11 is 7.31. The van der Waals surface area contributed by atoms with Crippen LogP contribution in [0.4, 0.5) is 4.39 Å². The van der Waals surface area contributed by atoms with Crippen LogP contribution in [0.1, 0.15) is 18.9 Å². The zero-order valence-corrected chi connectivity index (χ0v) is 14.4. The summed E-state index contributed by atoms with van der Waals surface area (Å²) in [6, 6.07) is 3.87. The van der Waals surface area contributed by atoms with E-state index in [1.165, 1.54) is 23.9 Å². The fourth-order valence-electron chi connectivity index (χ4n) is 2.16. The van der Waals surface area contributed by atoms with Gasteiger partial charge in [-0.25, -0.2) is 12.8 Å². The molecule has 0 radical (unpaired) electrons. The van der Waals surface area contributed by atoms with Gasteiger partial charge in [-0.05, 0) is 31.0 Å². The number of carbonyl (C=O) groups excluding carboxylic acids is 1.